The Morgan fingerprint density at radius 2 is 1.88 bits per heavy atom. The summed E-state index contributed by atoms with van der Waals surface area (Å²) in [7, 11) is 2.83. The summed E-state index contributed by atoms with van der Waals surface area (Å²) in [6, 6.07) is 6.65. The lowest BCUT2D eigenvalue weighted by Gasteiger charge is -2.32. The van der Waals surface area contributed by atoms with Crippen LogP contribution in [0.5, 0.6) is 17.2 Å². The van der Waals surface area contributed by atoms with Crippen LogP contribution in [0, 0.1) is 12.8 Å². The molecule has 0 saturated carbocycles. The van der Waals surface area contributed by atoms with Crippen LogP contribution in [0.15, 0.2) is 30.5 Å². The van der Waals surface area contributed by atoms with E-state index >= 15 is 0 Å². The minimum atomic E-state index is -0.655. The first-order chi connectivity index (χ1) is 15.8. The number of anilines is 1. The third-order valence-corrected chi connectivity index (χ3v) is 5.31. The van der Waals surface area contributed by atoms with E-state index in [9.17, 15) is 14.4 Å². The van der Waals surface area contributed by atoms with Gasteiger partial charge >= 0.3 is 0 Å². The van der Waals surface area contributed by atoms with E-state index in [4.69, 9.17) is 19.9 Å². The standard InChI is InChI=1S/C23H28N4O6/c1-14-6-7-20(25-11-14)26-22(29)15-5-4-8-27(12-15)23(30)16-9-17(31-2)21(18(10-16)32-3)33-13-19(24)28/h6-7,9-11,15H,4-5,8,12-13H2,1-3H3,(H2,24,28)(H,25,26,29). The van der Waals surface area contributed by atoms with Crippen molar-refractivity contribution in [3.8, 4) is 17.2 Å². The highest BCUT2D eigenvalue weighted by Gasteiger charge is 2.30. The highest BCUT2D eigenvalue weighted by atomic mass is 16.5. The molecule has 2 heterocycles. The number of aryl methyl sites for hydroxylation is 1. The average molecular weight is 456 g/mol. The zero-order valence-corrected chi connectivity index (χ0v) is 18.9. The molecular formula is C23H28N4O6. The van der Waals surface area contributed by atoms with Crippen LogP contribution in [0.4, 0.5) is 5.82 Å². The topological polar surface area (TPSA) is 133 Å². The molecular weight excluding hydrogens is 428 g/mol. The number of benzene rings is 1. The Hall–Kier alpha value is -3.82. The summed E-state index contributed by atoms with van der Waals surface area (Å²) in [4.78, 5) is 42.9. The third-order valence-electron chi connectivity index (χ3n) is 5.31. The van der Waals surface area contributed by atoms with Gasteiger partial charge in [-0.2, -0.15) is 0 Å². The van der Waals surface area contributed by atoms with E-state index in [1.54, 1.807) is 17.2 Å². The largest absolute Gasteiger partial charge is 0.493 e. The van der Waals surface area contributed by atoms with Crippen molar-refractivity contribution in [2.24, 2.45) is 11.7 Å². The zero-order valence-electron chi connectivity index (χ0n) is 18.9. The van der Waals surface area contributed by atoms with Crippen molar-refractivity contribution in [2.75, 3.05) is 39.2 Å². The van der Waals surface area contributed by atoms with Crippen LogP contribution in [-0.2, 0) is 9.59 Å². The monoisotopic (exact) mass is 456 g/mol. The minimum Gasteiger partial charge on any atom is -0.493 e. The lowest BCUT2D eigenvalue weighted by atomic mass is 9.96. The maximum Gasteiger partial charge on any atom is 0.255 e. The van der Waals surface area contributed by atoms with E-state index in [1.807, 2.05) is 13.0 Å². The second-order valence-electron chi connectivity index (χ2n) is 7.77. The van der Waals surface area contributed by atoms with Crippen molar-refractivity contribution < 1.29 is 28.6 Å². The van der Waals surface area contributed by atoms with Gasteiger partial charge in [-0.3, -0.25) is 14.4 Å². The number of nitrogens with one attached hydrogen (secondary N) is 1. The number of likely N-dealkylation sites (tertiary alicyclic amines) is 1. The molecule has 0 bridgehead atoms. The summed E-state index contributed by atoms with van der Waals surface area (Å²) >= 11 is 0. The zero-order chi connectivity index (χ0) is 24.0. The molecule has 1 unspecified atom stereocenters. The van der Waals surface area contributed by atoms with E-state index in [1.165, 1.54) is 26.4 Å². The Morgan fingerprint density at radius 1 is 1.18 bits per heavy atom. The average Bonchev–Trinajstić information content (AvgIpc) is 2.83. The molecule has 1 atom stereocenters. The van der Waals surface area contributed by atoms with E-state index in [-0.39, 0.29) is 48.1 Å². The van der Waals surface area contributed by atoms with Crippen molar-refractivity contribution >= 4 is 23.5 Å². The fourth-order valence-corrected chi connectivity index (χ4v) is 3.62. The maximum atomic E-state index is 13.2. The number of hydrogen-bond acceptors (Lipinski definition) is 7. The van der Waals surface area contributed by atoms with Gasteiger partial charge in [-0.1, -0.05) is 6.07 Å². The number of nitrogens with zero attached hydrogens (tertiary/aromatic N) is 2. The van der Waals surface area contributed by atoms with Crippen molar-refractivity contribution in [2.45, 2.75) is 19.8 Å². The molecule has 176 valence electrons. The number of pyridine rings is 1. The molecule has 33 heavy (non-hydrogen) atoms. The number of carbonyl (C=O) groups is 3. The van der Waals surface area contributed by atoms with Crippen molar-refractivity contribution in [1.29, 1.82) is 0 Å². The number of amides is 3. The van der Waals surface area contributed by atoms with Gasteiger partial charge in [0.05, 0.1) is 20.1 Å². The van der Waals surface area contributed by atoms with Gasteiger partial charge in [0, 0.05) is 24.8 Å². The molecule has 3 amide bonds. The van der Waals surface area contributed by atoms with E-state index in [0.29, 0.717) is 30.8 Å². The van der Waals surface area contributed by atoms with E-state index in [2.05, 4.69) is 10.3 Å². The van der Waals surface area contributed by atoms with Gasteiger partial charge in [-0.15, -0.1) is 0 Å². The fraction of sp³-hybridized carbons (Fsp3) is 0.391. The van der Waals surface area contributed by atoms with Crippen LogP contribution in [0.2, 0.25) is 0 Å². The molecule has 1 aliphatic rings. The number of methoxy groups -OCH3 is 2. The van der Waals surface area contributed by atoms with Crippen molar-refractivity contribution in [3.05, 3.63) is 41.6 Å². The van der Waals surface area contributed by atoms with Gasteiger partial charge < -0.3 is 30.2 Å². The van der Waals surface area contributed by atoms with Gasteiger partial charge in [0.15, 0.2) is 18.1 Å². The lowest BCUT2D eigenvalue weighted by Crippen LogP contribution is -2.43. The predicted molar refractivity (Wildman–Crippen MR) is 120 cm³/mol. The van der Waals surface area contributed by atoms with Crippen LogP contribution >= 0.6 is 0 Å². The molecule has 10 heteroatoms. The number of carbonyl (C=O) groups excluding carboxylic acids is 3. The summed E-state index contributed by atoms with van der Waals surface area (Å²) in [5.74, 6) is -0.322. The van der Waals surface area contributed by atoms with Crippen LogP contribution in [0.1, 0.15) is 28.8 Å². The molecule has 0 radical (unpaired) electrons. The normalized spacial score (nSPS) is 15.5. The molecule has 1 aliphatic heterocycles. The number of hydrogen-bond donors (Lipinski definition) is 2. The van der Waals surface area contributed by atoms with Crippen molar-refractivity contribution in [3.63, 3.8) is 0 Å². The number of ether oxygens (including phenoxy) is 3. The molecule has 0 aliphatic carbocycles. The molecule has 0 spiro atoms. The Kier molecular flexibility index (Phi) is 7.70. The number of piperidine rings is 1. The third kappa shape index (κ3) is 5.91. The Labute approximate surface area is 192 Å². The van der Waals surface area contributed by atoms with Crippen LogP contribution in [0.25, 0.3) is 0 Å². The molecule has 2 aromatic rings. The lowest BCUT2D eigenvalue weighted by molar-refractivity contribution is -0.121. The maximum absolute atomic E-state index is 13.2. The van der Waals surface area contributed by atoms with Crippen LogP contribution in [-0.4, -0.2) is 61.5 Å². The molecule has 10 nitrogen and oxygen atoms in total. The number of nitrogens with two attached hydrogens (primary N) is 1. The summed E-state index contributed by atoms with van der Waals surface area (Å²) in [6.45, 7) is 2.36. The molecule has 3 rings (SSSR count). The quantitative estimate of drug-likeness (QED) is 0.618. The molecule has 1 saturated heterocycles. The first-order valence-corrected chi connectivity index (χ1v) is 10.5. The minimum absolute atomic E-state index is 0.172. The Morgan fingerprint density at radius 3 is 2.45 bits per heavy atom. The van der Waals surface area contributed by atoms with E-state index < -0.39 is 5.91 Å². The number of primary amides is 1. The van der Waals surface area contributed by atoms with Gasteiger partial charge in [0.25, 0.3) is 11.8 Å². The molecule has 1 aromatic heterocycles. The first kappa shape index (κ1) is 23.8. The van der Waals surface area contributed by atoms with Gasteiger partial charge in [0.2, 0.25) is 11.7 Å². The highest BCUT2D eigenvalue weighted by molar-refractivity contribution is 5.97. The van der Waals surface area contributed by atoms with Crippen LogP contribution in [0.3, 0.4) is 0 Å². The fourth-order valence-electron chi connectivity index (χ4n) is 3.62. The summed E-state index contributed by atoms with van der Waals surface area (Å²) < 4.78 is 16.1. The van der Waals surface area contributed by atoms with Gasteiger partial charge in [0.1, 0.15) is 5.82 Å². The second-order valence-corrected chi connectivity index (χ2v) is 7.77. The summed E-state index contributed by atoms with van der Waals surface area (Å²) in [5.41, 5.74) is 6.46. The number of aromatic nitrogens is 1. The second kappa shape index (κ2) is 10.7. The van der Waals surface area contributed by atoms with Gasteiger partial charge in [-0.25, -0.2) is 4.98 Å². The predicted octanol–water partition coefficient (Wildman–Crippen LogP) is 1.76. The molecule has 1 aromatic carbocycles. The first-order valence-electron chi connectivity index (χ1n) is 10.5. The molecule has 3 N–H and O–H groups in total. The van der Waals surface area contributed by atoms with Crippen molar-refractivity contribution in [1.82, 2.24) is 9.88 Å². The van der Waals surface area contributed by atoms with Crippen LogP contribution < -0.4 is 25.3 Å². The summed E-state index contributed by atoms with van der Waals surface area (Å²) in [6.07, 6.45) is 3.05. The van der Waals surface area contributed by atoms with Gasteiger partial charge in [-0.05, 0) is 43.5 Å². The summed E-state index contributed by atoms with van der Waals surface area (Å²) in [5, 5.41) is 2.82. The Bertz CT molecular complexity index is 999. The van der Waals surface area contributed by atoms with E-state index in [0.717, 1.165) is 5.56 Å². The SMILES string of the molecule is COc1cc(C(=O)N2CCCC(C(=O)Nc3ccc(C)cn3)C2)cc(OC)c1OCC(N)=O. The highest BCUT2D eigenvalue weighted by Crippen LogP contribution is 2.39. The number of rotatable bonds is 8. The molecule has 1 fully saturated rings. The Balaban J connectivity index is 1.74. The smallest absolute Gasteiger partial charge is 0.255 e.